The third-order valence-corrected chi connectivity index (χ3v) is 8.73. The molecule has 0 aliphatic carbocycles. The van der Waals surface area contributed by atoms with Crippen LogP contribution in [0.4, 0.5) is 19.6 Å². The Hall–Kier alpha value is -3.06. The molecule has 2 aromatic heterocycles. The Morgan fingerprint density at radius 2 is 2.05 bits per heavy atom. The Morgan fingerprint density at radius 1 is 1.27 bits per heavy atom. The van der Waals surface area contributed by atoms with Gasteiger partial charge in [-0.3, -0.25) is 0 Å². The number of hydrogen-bond donors (Lipinski definition) is 1. The normalized spacial score (nSPS) is 19.6. The van der Waals surface area contributed by atoms with Gasteiger partial charge in [-0.25, -0.2) is 18.7 Å². The summed E-state index contributed by atoms with van der Waals surface area (Å²) in [5, 5.41) is 10.8. The molecule has 2 aromatic carbocycles. The minimum absolute atomic E-state index is 0.0419. The number of nitrogens with two attached hydrogens (primary N) is 1. The molecule has 1 spiro atoms. The van der Waals surface area contributed by atoms with E-state index in [1.54, 1.807) is 6.07 Å². The highest BCUT2D eigenvalue weighted by molar-refractivity contribution is 7.23. The summed E-state index contributed by atoms with van der Waals surface area (Å²) in [6.45, 7) is 6.12. The summed E-state index contributed by atoms with van der Waals surface area (Å²) in [5.74, 6) is -0.0536. The number of fused-ring (bicyclic) bond motifs is 2. The Morgan fingerprint density at radius 3 is 2.73 bits per heavy atom. The first kappa shape index (κ1) is 24.3. The third kappa shape index (κ3) is 3.73. The predicted molar refractivity (Wildman–Crippen MR) is 143 cm³/mol. The van der Waals surface area contributed by atoms with Crippen LogP contribution in [-0.4, -0.2) is 35.3 Å². The first-order valence-electron chi connectivity index (χ1n) is 12.2. The van der Waals surface area contributed by atoms with Crippen molar-refractivity contribution in [1.29, 1.82) is 5.26 Å². The number of nitrogens with zero attached hydrogens (tertiary/aromatic N) is 4. The van der Waals surface area contributed by atoms with Crippen molar-refractivity contribution in [3.63, 3.8) is 0 Å². The van der Waals surface area contributed by atoms with Gasteiger partial charge in [-0.1, -0.05) is 31.5 Å². The summed E-state index contributed by atoms with van der Waals surface area (Å²) in [6, 6.07) is 6.39. The number of nitriles is 1. The van der Waals surface area contributed by atoms with Crippen LogP contribution >= 0.6 is 22.9 Å². The van der Waals surface area contributed by atoms with Crippen LogP contribution in [0.5, 0.6) is 0 Å². The van der Waals surface area contributed by atoms with Crippen LogP contribution in [0.25, 0.3) is 32.1 Å². The number of thiophene rings is 1. The van der Waals surface area contributed by atoms with Crippen molar-refractivity contribution in [1.82, 2.24) is 9.97 Å². The van der Waals surface area contributed by atoms with Gasteiger partial charge >= 0.3 is 0 Å². The Bertz CT molecular complexity index is 1630. The van der Waals surface area contributed by atoms with Gasteiger partial charge in [0, 0.05) is 41.8 Å². The standard InChI is InChI=1S/C27H24ClF2N5OS/c1-13(2)25-33-22-15(26(34-25)35-8-3-6-27(12-35)7-9-36-27)10-17(28)20(21(22)30)14-4-5-18(29)23-19(14)16(11-31)24(32)37-23/h4-5,10,13H,3,6-9,12,32H2,1-2H3. The van der Waals surface area contributed by atoms with Crippen molar-refractivity contribution in [3.8, 4) is 17.2 Å². The number of aromatic nitrogens is 2. The van der Waals surface area contributed by atoms with Crippen LogP contribution in [0.1, 0.15) is 50.4 Å². The first-order valence-corrected chi connectivity index (χ1v) is 13.4. The van der Waals surface area contributed by atoms with Crippen molar-refractivity contribution < 1.29 is 13.5 Å². The van der Waals surface area contributed by atoms with E-state index in [-0.39, 0.29) is 48.3 Å². The van der Waals surface area contributed by atoms with Gasteiger partial charge in [0.15, 0.2) is 5.82 Å². The fourth-order valence-electron chi connectivity index (χ4n) is 5.44. The van der Waals surface area contributed by atoms with Gasteiger partial charge in [-0.05, 0) is 30.5 Å². The summed E-state index contributed by atoms with van der Waals surface area (Å²) < 4.78 is 37.3. The van der Waals surface area contributed by atoms with E-state index in [0.29, 0.717) is 29.1 Å². The molecule has 4 aromatic rings. The van der Waals surface area contributed by atoms with Gasteiger partial charge in [-0.2, -0.15) is 5.26 Å². The van der Waals surface area contributed by atoms with Gasteiger partial charge in [0.2, 0.25) is 0 Å². The zero-order chi connectivity index (χ0) is 26.1. The quantitative estimate of drug-likeness (QED) is 0.309. The molecule has 2 aliphatic heterocycles. The van der Waals surface area contributed by atoms with E-state index in [0.717, 1.165) is 43.8 Å². The van der Waals surface area contributed by atoms with Crippen LogP contribution in [0, 0.1) is 23.0 Å². The van der Waals surface area contributed by atoms with E-state index in [4.69, 9.17) is 27.1 Å². The topological polar surface area (TPSA) is 88.1 Å². The Labute approximate surface area is 221 Å². The molecule has 4 heterocycles. The SMILES string of the molecule is CC(C)c1nc(N2CCCC3(CCO3)C2)c2cc(Cl)c(-c3ccc(F)c4sc(N)c(C#N)c34)c(F)c2n1. The maximum absolute atomic E-state index is 16.5. The maximum atomic E-state index is 16.5. The first-order chi connectivity index (χ1) is 17.7. The third-order valence-electron chi connectivity index (χ3n) is 7.40. The van der Waals surface area contributed by atoms with Crippen LogP contribution in [0.3, 0.4) is 0 Å². The zero-order valence-electron chi connectivity index (χ0n) is 20.4. The van der Waals surface area contributed by atoms with Gasteiger partial charge < -0.3 is 15.4 Å². The largest absolute Gasteiger partial charge is 0.389 e. The number of piperidine rings is 1. The molecule has 0 amide bonds. The summed E-state index contributed by atoms with van der Waals surface area (Å²) >= 11 is 7.71. The van der Waals surface area contributed by atoms with E-state index in [9.17, 15) is 9.65 Å². The maximum Gasteiger partial charge on any atom is 0.158 e. The van der Waals surface area contributed by atoms with E-state index in [1.165, 1.54) is 12.1 Å². The average molecular weight is 540 g/mol. The van der Waals surface area contributed by atoms with Crippen molar-refractivity contribution in [2.75, 3.05) is 30.3 Å². The molecule has 1 unspecified atom stereocenters. The monoisotopic (exact) mass is 539 g/mol. The number of benzene rings is 2. The summed E-state index contributed by atoms with van der Waals surface area (Å²) in [4.78, 5) is 11.6. The second kappa shape index (κ2) is 8.76. The predicted octanol–water partition coefficient (Wildman–Crippen LogP) is 6.78. The number of ether oxygens (including phenoxy) is 1. The van der Waals surface area contributed by atoms with Crippen molar-refractivity contribution in [3.05, 3.63) is 46.2 Å². The summed E-state index contributed by atoms with van der Waals surface area (Å²) in [5.41, 5.74) is 6.44. The summed E-state index contributed by atoms with van der Waals surface area (Å²) in [7, 11) is 0. The molecule has 6 rings (SSSR count). The number of anilines is 2. The van der Waals surface area contributed by atoms with Gasteiger partial charge in [-0.15, -0.1) is 11.3 Å². The molecule has 10 heteroatoms. The molecule has 2 saturated heterocycles. The second-order valence-electron chi connectivity index (χ2n) is 10.1. The van der Waals surface area contributed by atoms with Crippen LogP contribution in [0.2, 0.25) is 5.02 Å². The second-order valence-corrected chi connectivity index (χ2v) is 11.5. The summed E-state index contributed by atoms with van der Waals surface area (Å²) in [6.07, 6.45) is 2.93. The van der Waals surface area contributed by atoms with Gasteiger partial charge in [0.25, 0.3) is 0 Å². The molecule has 0 bridgehead atoms. The molecule has 2 fully saturated rings. The molecule has 1 atom stereocenters. The van der Waals surface area contributed by atoms with Crippen LogP contribution in [-0.2, 0) is 4.74 Å². The van der Waals surface area contributed by atoms with Gasteiger partial charge in [0.1, 0.15) is 34.0 Å². The molecule has 2 N–H and O–H groups in total. The highest BCUT2D eigenvalue weighted by Crippen LogP contribution is 2.46. The van der Waals surface area contributed by atoms with Crippen molar-refractivity contribution in [2.45, 2.75) is 44.6 Å². The number of halogens is 3. The van der Waals surface area contributed by atoms with E-state index >= 15 is 4.39 Å². The molecular formula is C27H24ClF2N5OS. The lowest BCUT2D eigenvalue weighted by Gasteiger charge is -2.49. The lowest BCUT2D eigenvalue weighted by molar-refractivity contribution is -0.151. The molecular weight excluding hydrogens is 516 g/mol. The number of nitrogen functional groups attached to an aromatic ring is 1. The molecule has 2 aliphatic rings. The average Bonchev–Trinajstić information content (AvgIpc) is 3.20. The van der Waals surface area contributed by atoms with Crippen LogP contribution in [0.15, 0.2) is 18.2 Å². The Kier molecular flexibility index (Phi) is 5.75. The number of rotatable bonds is 3. The van der Waals surface area contributed by atoms with Crippen molar-refractivity contribution in [2.24, 2.45) is 0 Å². The zero-order valence-corrected chi connectivity index (χ0v) is 21.9. The smallest absolute Gasteiger partial charge is 0.158 e. The van der Waals surface area contributed by atoms with Crippen molar-refractivity contribution >= 4 is 54.7 Å². The van der Waals surface area contributed by atoms with Gasteiger partial charge in [0.05, 0.1) is 27.5 Å². The molecule has 0 radical (unpaired) electrons. The highest BCUT2D eigenvalue weighted by Gasteiger charge is 2.43. The minimum Gasteiger partial charge on any atom is -0.389 e. The molecule has 6 nitrogen and oxygen atoms in total. The molecule has 190 valence electrons. The fraction of sp³-hybridized carbons (Fsp3) is 0.370. The highest BCUT2D eigenvalue weighted by atomic mass is 35.5. The fourth-order valence-corrected chi connectivity index (χ4v) is 6.69. The van der Waals surface area contributed by atoms with E-state index < -0.39 is 11.6 Å². The Balaban J connectivity index is 1.61. The minimum atomic E-state index is -0.638. The molecule has 0 saturated carbocycles. The van der Waals surface area contributed by atoms with Crippen LogP contribution < -0.4 is 10.6 Å². The lowest BCUT2D eigenvalue weighted by atomic mass is 9.85. The lowest BCUT2D eigenvalue weighted by Crippen LogP contribution is -2.56. The molecule has 37 heavy (non-hydrogen) atoms. The van der Waals surface area contributed by atoms with E-state index in [2.05, 4.69) is 9.88 Å². The van der Waals surface area contributed by atoms with E-state index in [1.807, 2.05) is 19.9 Å². The number of hydrogen-bond acceptors (Lipinski definition) is 7.